The van der Waals surface area contributed by atoms with Gasteiger partial charge in [-0.05, 0) is 56.0 Å². The predicted octanol–water partition coefficient (Wildman–Crippen LogP) is 4.76. The van der Waals surface area contributed by atoms with Crippen LogP contribution in [0.2, 0.25) is 0 Å². The summed E-state index contributed by atoms with van der Waals surface area (Å²) < 4.78 is 2.24. The summed E-state index contributed by atoms with van der Waals surface area (Å²) in [6, 6.07) is 13.7. The van der Waals surface area contributed by atoms with Crippen molar-refractivity contribution in [2.45, 2.75) is 39.7 Å². The smallest absolute Gasteiger partial charge is 0.255 e. The Morgan fingerprint density at radius 3 is 2.73 bits per heavy atom. The summed E-state index contributed by atoms with van der Waals surface area (Å²) in [4.78, 5) is 17.5. The number of nitrogens with zero attached hydrogens (tertiary/aromatic N) is 2. The van der Waals surface area contributed by atoms with Crippen molar-refractivity contribution in [1.82, 2.24) is 9.55 Å². The fraction of sp³-hybridized carbons (Fsp3) is 0.273. The van der Waals surface area contributed by atoms with Gasteiger partial charge in [-0.2, -0.15) is 0 Å². The molecule has 0 saturated carbocycles. The van der Waals surface area contributed by atoms with Crippen LogP contribution >= 0.6 is 0 Å². The number of rotatable bonds is 3. The molecule has 26 heavy (non-hydrogen) atoms. The first kappa shape index (κ1) is 16.6. The maximum absolute atomic E-state index is 12.7. The Kier molecular flexibility index (Phi) is 4.33. The van der Waals surface area contributed by atoms with Gasteiger partial charge in [-0.3, -0.25) is 4.79 Å². The van der Waals surface area contributed by atoms with E-state index in [-0.39, 0.29) is 5.91 Å². The van der Waals surface area contributed by atoms with E-state index >= 15 is 0 Å². The van der Waals surface area contributed by atoms with Crippen molar-refractivity contribution >= 4 is 11.6 Å². The molecule has 0 spiro atoms. The summed E-state index contributed by atoms with van der Waals surface area (Å²) in [5.74, 6) is 1.05. The summed E-state index contributed by atoms with van der Waals surface area (Å²) in [5, 5.41) is 3.06. The molecule has 4 rings (SSSR count). The van der Waals surface area contributed by atoms with Gasteiger partial charge in [-0.25, -0.2) is 4.98 Å². The van der Waals surface area contributed by atoms with Crippen molar-refractivity contribution in [2.24, 2.45) is 0 Å². The molecule has 1 amide bonds. The van der Waals surface area contributed by atoms with Crippen molar-refractivity contribution in [3.05, 3.63) is 71.2 Å². The van der Waals surface area contributed by atoms with Crippen molar-refractivity contribution in [1.29, 1.82) is 0 Å². The number of fused-ring (bicyclic) bond motifs is 1. The molecule has 0 unspecified atom stereocenters. The van der Waals surface area contributed by atoms with Crippen LogP contribution in [0.15, 0.2) is 48.7 Å². The Bertz CT molecular complexity index is 948. The number of imidazole rings is 1. The minimum atomic E-state index is -0.0930. The highest BCUT2D eigenvalue weighted by Crippen LogP contribution is 2.29. The second kappa shape index (κ2) is 6.79. The lowest BCUT2D eigenvalue weighted by Gasteiger charge is -2.11. The van der Waals surface area contributed by atoms with E-state index in [2.05, 4.69) is 16.1 Å². The normalized spacial score (nSPS) is 13.3. The molecule has 2 aromatic carbocycles. The van der Waals surface area contributed by atoms with Crippen LogP contribution in [0.4, 0.5) is 5.69 Å². The van der Waals surface area contributed by atoms with E-state index in [1.807, 2.05) is 56.3 Å². The zero-order valence-corrected chi connectivity index (χ0v) is 15.2. The number of hydrogen-bond acceptors (Lipinski definition) is 2. The number of hydrogen-bond donors (Lipinski definition) is 1. The van der Waals surface area contributed by atoms with E-state index < -0.39 is 0 Å². The van der Waals surface area contributed by atoms with Crippen LogP contribution < -0.4 is 5.32 Å². The zero-order chi connectivity index (χ0) is 18.1. The van der Waals surface area contributed by atoms with Crippen molar-refractivity contribution in [3.63, 3.8) is 0 Å². The predicted molar refractivity (Wildman–Crippen MR) is 104 cm³/mol. The lowest BCUT2D eigenvalue weighted by molar-refractivity contribution is 0.102. The van der Waals surface area contributed by atoms with E-state index in [0.717, 1.165) is 41.3 Å². The van der Waals surface area contributed by atoms with Crippen LogP contribution in [0.3, 0.4) is 0 Å². The SMILES string of the molecule is Cc1ccc(C(=O)Nc2ccccc2-c2cn3c(n2)CCCC3)cc1C. The molecule has 4 heteroatoms. The van der Waals surface area contributed by atoms with E-state index in [1.54, 1.807) is 0 Å². The van der Waals surface area contributed by atoms with Gasteiger partial charge in [0.1, 0.15) is 5.82 Å². The number of aromatic nitrogens is 2. The second-order valence-electron chi connectivity index (χ2n) is 6.99. The third kappa shape index (κ3) is 3.15. The van der Waals surface area contributed by atoms with Gasteiger partial charge in [0.2, 0.25) is 0 Å². The van der Waals surface area contributed by atoms with Gasteiger partial charge in [-0.15, -0.1) is 0 Å². The van der Waals surface area contributed by atoms with Crippen LogP contribution in [0, 0.1) is 13.8 Å². The molecule has 0 radical (unpaired) electrons. The number of para-hydroxylation sites is 1. The van der Waals surface area contributed by atoms with Crippen molar-refractivity contribution in [2.75, 3.05) is 5.32 Å². The van der Waals surface area contributed by atoms with Gasteiger partial charge in [0.15, 0.2) is 0 Å². The largest absolute Gasteiger partial charge is 0.334 e. The Balaban J connectivity index is 1.64. The van der Waals surface area contributed by atoms with Gasteiger partial charge < -0.3 is 9.88 Å². The highest BCUT2D eigenvalue weighted by Gasteiger charge is 2.16. The molecule has 132 valence electrons. The standard InChI is InChI=1S/C22H23N3O/c1-15-10-11-17(13-16(15)2)22(26)24-19-8-4-3-7-18(19)20-14-25-12-6-5-9-21(25)23-20/h3-4,7-8,10-11,13-14H,5-6,9,12H2,1-2H3,(H,24,26). The van der Waals surface area contributed by atoms with E-state index in [1.165, 1.54) is 18.4 Å². The Morgan fingerprint density at radius 2 is 1.92 bits per heavy atom. The monoisotopic (exact) mass is 345 g/mol. The maximum atomic E-state index is 12.7. The van der Waals surface area contributed by atoms with Gasteiger partial charge in [0, 0.05) is 30.3 Å². The highest BCUT2D eigenvalue weighted by molar-refractivity contribution is 6.06. The van der Waals surface area contributed by atoms with Gasteiger partial charge in [0.05, 0.1) is 11.4 Å². The summed E-state index contributed by atoms with van der Waals surface area (Å²) in [5.41, 5.74) is 5.67. The fourth-order valence-electron chi connectivity index (χ4n) is 3.44. The third-order valence-electron chi connectivity index (χ3n) is 5.13. The number of aryl methyl sites for hydroxylation is 4. The number of carbonyl (C=O) groups excluding carboxylic acids is 1. The quantitative estimate of drug-likeness (QED) is 0.744. The molecule has 4 nitrogen and oxygen atoms in total. The third-order valence-corrected chi connectivity index (χ3v) is 5.13. The van der Waals surface area contributed by atoms with Crippen LogP contribution in [-0.2, 0) is 13.0 Å². The average molecular weight is 345 g/mol. The average Bonchev–Trinajstić information content (AvgIpc) is 3.08. The first-order chi connectivity index (χ1) is 12.6. The molecule has 0 saturated heterocycles. The maximum Gasteiger partial charge on any atom is 0.255 e. The summed E-state index contributed by atoms with van der Waals surface area (Å²) in [6.45, 7) is 5.10. The molecule has 1 aliphatic rings. The lowest BCUT2D eigenvalue weighted by atomic mass is 10.1. The zero-order valence-electron chi connectivity index (χ0n) is 15.2. The molecular weight excluding hydrogens is 322 g/mol. The van der Waals surface area contributed by atoms with Crippen LogP contribution in [0.25, 0.3) is 11.3 Å². The topological polar surface area (TPSA) is 46.9 Å². The molecule has 2 heterocycles. The number of carbonyl (C=O) groups is 1. The molecule has 0 bridgehead atoms. The summed E-state index contributed by atoms with van der Waals surface area (Å²) in [6.07, 6.45) is 5.53. The Hall–Kier alpha value is -2.88. The van der Waals surface area contributed by atoms with E-state index in [9.17, 15) is 4.79 Å². The molecule has 1 N–H and O–H groups in total. The minimum absolute atomic E-state index is 0.0930. The van der Waals surface area contributed by atoms with Crippen LogP contribution in [0.5, 0.6) is 0 Å². The van der Waals surface area contributed by atoms with Gasteiger partial charge in [0.25, 0.3) is 5.91 Å². The molecule has 1 aliphatic heterocycles. The van der Waals surface area contributed by atoms with Crippen molar-refractivity contribution < 1.29 is 4.79 Å². The second-order valence-corrected chi connectivity index (χ2v) is 6.99. The summed E-state index contributed by atoms with van der Waals surface area (Å²) >= 11 is 0. The molecular formula is C22H23N3O. The van der Waals surface area contributed by atoms with Crippen LogP contribution in [0.1, 0.15) is 40.2 Å². The lowest BCUT2D eigenvalue weighted by Crippen LogP contribution is -2.13. The number of nitrogens with one attached hydrogen (secondary N) is 1. The number of anilines is 1. The first-order valence-electron chi connectivity index (χ1n) is 9.16. The summed E-state index contributed by atoms with van der Waals surface area (Å²) in [7, 11) is 0. The Morgan fingerprint density at radius 1 is 1.08 bits per heavy atom. The number of amides is 1. The highest BCUT2D eigenvalue weighted by atomic mass is 16.1. The van der Waals surface area contributed by atoms with Crippen LogP contribution in [-0.4, -0.2) is 15.5 Å². The Labute approximate surface area is 153 Å². The molecule has 0 aliphatic carbocycles. The molecule has 1 aromatic heterocycles. The molecule has 0 atom stereocenters. The first-order valence-corrected chi connectivity index (χ1v) is 9.16. The van der Waals surface area contributed by atoms with Crippen molar-refractivity contribution in [3.8, 4) is 11.3 Å². The van der Waals surface area contributed by atoms with E-state index in [4.69, 9.17) is 4.98 Å². The molecule has 3 aromatic rings. The van der Waals surface area contributed by atoms with Gasteiger partial charge >= 0.3 is 0 Å². The minimum Gasteiger partial charge on any atom is -0.334 e. The van der Waals surface area contributed by atoms with Gasteiger partial charge in [-0.1, -0.05) is 24.3 Å². The fourth-order valence-corrected chi connectivity index (χ4v) is 3.44. The number of benzene rings is 2. The van der Waals surface area contributed by atoms with E-state index in [0.29, 0.717) is 5.56 Å². The molecule has 0 fully saturated rings.